The number of likely N-dealkylation sites (N-methyl/N-ethyl adjacent to an activating group) is 1. The molecule has 1 N–H and O–H groups in total. The largest absolute Gasteiger partial charge is 0.352 e. The number of aromatic nitrogens is 2. The first-order valence-corrected chi connectivity index (χ1v) is 9.60. The Morgan fingerprint density at radius 3 is 2.59 bits per heavy atom. The van der Waals surface area contributed by atoms with Crippen molar-refractivity contribution in [1.29, 1.82) is 0 Å². The van der Waals surface area contributed by atoms with E-state index in [4.69, 9.17) is 4.74 Å². The lowest BCUT2D eigenvalue weighted by Crippen LogP contribution is -2.55. The summed E-state index contributed by atoms with van der Waals surface area (Å²) in [6.45, 7) is 1.36. The monoisotopic (exact) mass is 401 g/mol. The maximum absolute atomic E-state index is 13.0. The minimum Gasteiger partial charge on any atom is -0.352 e. The second-order valence-electron chi connectivity index (χ2n) is 7.66. The third-order valence-electron chi connectivity index (χ3n) is 5.52. The van der Waals surface area contributed by atoms with Gasteiger partial charge in [0.15, 0.2) is 6.10 Å². The average molecular weight is 401 g/mol. The molecular weight excluding hydrogens is 377 g/mol. The number of urea groups is 1. The van der Waals surface area contributed by atoms with Gasteiger partial charge in [-0.25, -0.2) is 14.2 Å². The molecule has 2 aliphatic heterocycles. The van der Waals surface area contributed by atoms with E-state index in [1.807, 2.05) is 10.8 Å². The van der Waals surface area contributed by atoms with Crippen molar-refractivity contribution in [3.05, 3.63) is 48.3 Å². The van der Waals surface area contributed by atoms with E-state index in [9.17, 15) is 14.0 Å². The quantitative estimate of drug-likeness (QED) is 0.835. The number of ether oxygens (including phenoxy) is 1. The Labute approximate surface area is 168 Å². The number of rotatable bonds is 2. The van der Waals surface area contributed by atoms with E-state index < -0.39 is 11.7 Å². The zero-order valence-electron chi connectivity index (χ0n) is 16.5. The number of carbonyl (C=O) groups is 2. The smallest absolute Gasteiger partial charge is 0.321 e. The fourth-order valence-corrected chi connectivity index (χ4v) is 3.96. The first-order valence-electron chi connectivity index (χ1n) is 9.60. The number of nitrogens with one attached hydrogen (secondary N) is 1. The minimum atomic E-state index is -0.690. The van der Waals surface area contributed by atoms with E-state index in [0.29, 0.717) is 38.2 Å². The van der Waals surface area contributed by atoms with Gasteiger partial charge >= 0.3 is 6.03 Å². The van der Waals surface area contributed by atoms with Gasteiger partial charge in [-0.05, 0) is 24.3 Å². The van der Waals surface area contributed by atoms with Crippen LogP contribution in [0.3, 0.4) is 0 Å². The van der Waals surface area contributed by atoms with Gasteiger partial charge in [0.1, 0.15) is 17.2 Å². The van der Waals surface area contributed by atoms with Gasteiger partial charge in [-0.3, -0.25) is 4.79 Å². The van der Waals surface area contributed by atoms with Crippen LogP contribution < -0.4 is 5.32 Å². The number of benzene rings is 1. The third-order valence-corrected chi connectivity index (χ3v) is 5.52. The molecule has 3 amide bonds. The van der Waals surface area contributed by atoms with Gasteiger partial charge in [-0.2, -0.15) is 0 Å². The number of carbonyl (C=O) groups excluding carboxylic acids is 2. The number of hydrogen-bond acceptors (Lipinski definition) is 4. The maximum Gasteiger partial charge on any atom is 0.321 e. The molecule has 1 saturated heterocycles. The van der Waals surface area contributed by atoms with Crippen molar-refractivity contribution < 1.29 is 18.7 Å². The van der Waals surface area contributed by atoms with E-state index in [1.165, 1.54) is 29.2 Å². The van der Waals surface area contributed by atoms with Gasteiger partial charge in [0.25, 0.3) is 5.91 Å². The SMILES string of the molecule is CN(C)C(=O)C1Cn2ccnc2C2(CCN(C(=O)Nc3ccc(F)cc3)CC2)O1. The van der Waals surface area contributed by atoms with E-state index in [2.05, 4.69) is 10.3 Å². The van der Waals surface area contributed by atoms with Crippen LogP contribution in [0.15, 0.2) is 36.7 Å². The van der Waals surface area contributed by atoms with Crippen LogP contribution in [-0.4, -0.2) is 64.6 Å². The zero-order chi connectivity index (χ0) is 20.6. The number of piperidine rings is 1. The van der Waals surface area contributed by atoms with Crippen molar-refractivity contribution in [2.24, 2.45) is 0 Å². The van der Waals surface area contributed by atoms with Crippen LogP contribution in [0.25, 0.3) is 0 Å². The highest BCUT2D eigenvalue weighted by atomic mass is 19.1. The predicted octanol–water partition coefficient (Wildman–Crippen LogP) is 2.03. The number of anilines is 1. The Bertz CT molecular complexity index is 903. The van der Waals surface area contributed by atoms with Crippen molar-refractivity contribution >= 4 is 17.6 Å². The number of imidazole rings is 1. The standard InChI is InChI=1S/C20H24FN5O3/c1-24(2)17(27)16-13-26-12-9-22-18(26)20(29-16)7-10-25(11-8-20)19(28)23-15-5-3-14(21)4-6-15/h3-6,9,12,16H,7-8,10-11,13H2,1-2H3,(H,23,28). The molecule has 0 radical (unpaired) electrons. The van der Waals surface area contributed by atoms with Crippen molar-refractivity contribution in [3.63, 3.8) is 0 Å². The Morgan fingerprint density at radius 2 is 1.93 bits per heavy atom. The molecule has 1 atom stereocenters. The summed E-state index contributed by atoms with van der Waals surface area (Å²) in [5, 5.41) is 2.78. The highest BCUT2D eigenvalue weighted by molar-refractivity contribution is 5.89. The summed E-state index contributed by atoms with van der Waals surface area (Å²) in [5.74, 6) is 0.369. The third kappa shape index (κ3) is 3.69. The molecule has 8 nitrogen and oxygen atoms in total. The molecule has 1 aromatic carbocycles. The number of nitrogens with zero attached hydrogens (tertiary/aromatic N) is 4. The Balaban J connectivity index is 1.46. The van der Waals surface area contributed by atoms with Crippen LogP contribution >= 0.6 is 0 Å². The van der Waals surface area contributed by atoms with E-state index in [-0.39, 0.29) is 17.8 Å². The molecule has 9 heteroatoms. The molecule has 154 valence electrons. The Morgan fingerprint density at radius 1 is 1.24 bits per heavy atom. The topological polar surface area (TPSA) is 79.7 Å². The maximum atomic E-state index is 13.0. The van der Waals surface area contributed by atoms with Gasteiger partial charge in [0, 0.05) is 58.1 Å². The lowest BCUT2D eigenvalue weighted by Gasteiger charge is -2.45. The van der Waals surface area contributed by atoms with Gasteiger partial charge in [0.2, 0.25) is 0 Å². The molecule has 1 fully saturated rings. The molecule has 1 unspecified atom stereocenters. The van der Waals surface area contributed by atoms with Crippen molar-refractivity contribution in [2.45, 2.75) is 31.1 Å². The molecule has 0 saturated carbocycles. The number of halogens is 1. The first-order chi connectivity index (χ1) is 13.9. The van der Waals surface area contributed by atoms with Crippen molar-refractivity contribution in [1.82, 2.24) is 19.4 Å². The summed E-state index contributed by atoms with van der Waals surface area (Å²) in [6, 6.07) is 5.41. The number of amides is 3. The summed E-state index contributed by atoms with van der Waals surface area (Å²) >= 11 is 0. The fourth-order valence-electron chi connectivity index (χ4n) is 3.96. The fraction of sp³-hybridized carbons (Fsp3) is 0.450. The number of fused-ring (bicyclic) bond motifs is 2. The molecule has 2 aromatic rings. The van der Waals surface area contributed by atoms with Crippen LogP contribution in [0, 0.1) is 5.82 Å². The zero-order valence-corrected chi connectivity index (χ0v) is 16.5. The van der Waals surface area contributed by atoms with Gasteiger partial charge in [0.05, 0.1) is 6.54 Å². The summed E-state index contributed by atoms with van der Waals surface area (Å²) in [5.41, 5.74) is -0.150. The summed E-state index contributed by atoms with van der Waals surface area (Å²) in [7, 11) is 3.42. The molecule has 1 spiro atoms. The number of hydrogen-bond donors (Lipinski definition) is 1. The highest BCUT2D eigenvalue weighted by Crippen LogP contribution is 2.40. The Hall–Kier alpha value is -2.94. The second kappa shape index (κ2) is 7.47. The van der Waals surface area contributed by atoms with Gasteiger partial charge in [-0.15, -0.1) is 0 Å². The van der Waals surface area contributed by atoms with E-state index in [0.717, 1.165) is 5.82 Å². The second-order valence-corrected chi connectivity index (χ2v) is 7.66. The van der Waals surface area contributed by atoms with Crippen LogP contribution in [0.1, 0.15) is 18.7 Å². The average Bonchev–Trinajstić information content (AvgIpc) is 3.19. The van der Waals surface area contributed by atoms with Gasteiger partial charge in [-0.1, -0.05) is 0 Å². The first kappa shape index (κ1) is 19.4. The van der Waals surface area contributed by atoms with Crippen LogP contribution in [-0.2, 0) is 21.7 Å². The summed E-state index contributed by atoms with van der Waals surface area (Å²) in [6.07, 6.45) is 4.09. The van der Waals surface area contributed by atoms with Crippen molar-refractivity contribution in [3.8, 4) is 0 Å². The molecule has 0 aliphatic carbocycles. The minimum absolute atomic E-state index is 0.0831. The molecule has 3 heterocycles. The van der Waals surface area contributed by atoms with E-state index >= 15 is 0 Å². The predicted molar refractivity (Wildman–Crippen MR) is 104 cm³/mol. The normalized spacial score (nSPS) is 20.2. The van der Waals surface area contributed by atoms with Crippen LogP contribution in [0.2, 0.25) is 0 Å². The van der Waals surface area contributed by atoms with Gasteiger partial charge < -0.3 is 24.4 Å². The molecule has 0 bridgehead atoms. The molecule has 1 aromatic heterocycles. The van der Waals surface area contributed by atoms with E-state index in [1.54, 1.807) is 25.2 Å². The van der Waals surface area contributed by atoms with Crippen LogP contribution in [0.5, 0.6) is 0 Å². The summed E-state index contributed by atoms with van der Waals surface area (Å²) in [4.78, 5) is 32.8. The Kier molecular flexibility index (Phi) is 4.99. The molecule has 2 aliphatic rings. The lowest BCUT2D eigenvalue weighted by atomic mass is 9.88. The van der Waals surface area contributed by atoms with Crippen LogP contribution in [0.4, 0.5) is 14.9 Å². The molecule has 29 heavy (non-hydrogen) atoms. The lowest BCUT2D eigenvalue weighted by molar-refractivity contribution is -0.177. The highest BCUT2D eigenvalue weighted by Gasteiger charge is 2.47. The summed E-state index contributed by atoms with van der Waals surface area (Å²) < 4.78 is 21.3. The van der Waals surface area contributed by atoms with Crippen molar-refractivity contribution in [2.75, 3.05) is 32.5 Å². The molecular formula is C20H24FN5O3. The molecule has 4 rings (SSSR count). The number of likely N-dealkylation sites (tertiary alicyclic amines) is 1.